The molecule has 0 radical (unpaired) electrons. The lowest BCUT2D eigenvalue weighted by Gasteiger charge is -1.91. The minimum atomic E-state index is 0.910. The minimum absolute atomic E-state index is 0.910. The van der Waals surface area contributed by atoms with Gasteiger partial charge in [-0.3, -0.25) is 0 Å². The van der Waals surface area contributed by atoms with Crippen LogP contribution in [0.4, 0.5) is 0 Å². The molecule has 88 valence electrons. The normalized spacial score (nSPS) is 9.11. The molecule has 18 heavy (non-hydrogen) atoms. The Labute approximate surface area is 109 Å². The van der Waals surface area contributed by atoms with Crippen molar-refractivity contribution < 1.29 is 0 Å². The molecule has 0 spiro atoms. The molecule has 2 aromatic rings. The van der Waals surface area contributed by atoms with Crippen molar-refractivity contribution in [2.45, 2.75) is 12.8 Å². The fourth-order valence-electron chi connectivity index (χ4n) is 1.68. The second-order valence-corrected chi connectivity index (χ2v) is 4.08. The van der Waals surface area contributed by atoms with Crippen molar-refractivity contribution in [3.05, 3.63) is 95.4 Å². The van der Waals surface area contributed by atoms with Gasteiger partial charge in [0.05, 0.1) is 0 Å². The van der Waals surface area contributed by atoms with Gasteiger partial charge in [-0.05, 0) is 36.1 Å². The number of benzene rings is 2. The molecule has 2 aromatic carbocycles. The molecule has 2 rings (SSSR count). The molecule has 0 amide bonds. The van der Waals surface area contributed by atoms with E-state index in [0.29, 0.717) is 0 Å². The topological polar surface area (TPSA) is 0 Å². The standard InChI is InChI=1S/C18H16/c1(5-11-17-13-7-3-8-14-17)2-6-12-18-15-9-4-10-16-18/h3-10,13-16H,11-12H2. The maximum Gasteiger partial charge on any atom is -0.00148 e. The van der Waals surface area contributed by atoms with Crippen LogP contribution in [0.5, 0.6) is 0 Å². The van der Waals surface area contributed by atoms with Crippen LogP contribution in [0.1, 0.15) is 11.1 Å². The third kappa shape index (κ3) is 4.31. The second-order valence-electron chi connectivity index (χ2n) is 4.08. The molecule has 0 unspecified atom stereocenters. The van der Waals surface area contributed by atoms with Gasteiger partial charge in [0, 0.05) is 0 Å². The maximum absolute atomic E-state index is 3.07. The van der Waals surface area contributed by atoms with E-state index < -0.39 is 0 Å². The summed E-state index contributed by atoms with van der Waals surface area (Å²) in [6.07, 6.45) is 5.84. The molecule has 0 saturated heterocycles. The van der Waals surface area contributed by atoms with Crippen molar-refractivity contribution in [2.75, 3.05) is 0 Å². The van der Waals surface area contributed by atoms with Crippen LogP contribution in [0, 0.1) is 0 Å². The molecule has 0 atom stereocenters. The SMILES string of the molecule is C(=C=CCc1ccccc1)=CCc1ccccc1. The van der Waals surface area contributed by atoms with E-state index in [1.165, 1.54) is 11.1 Å². The van der Waals surface area contributed by atoms with E-state index in [0.717, 1.165) is 12.8 Å². The molecule has 0 aliphatic heterocycles. The molecular formula is C18H16. The van der Waals surface area contributed by atoms with Crippen LogP contribution in [0.25, 0.3) is 0 Å². The smallest absolute Gasteiger partial charge is 0.00148 e. The lowest BCUT2D eigenvalue weighted by molar-refractivity contribution is 1.27. The van der Waals surface area contributed by atoms with Crippen LogP contribution in [0.2, 0.25) is 0 Å². The van der Waals surface area contributed by atoms with Crippen molar-refractivity contribution in [2.24, 2.45) is 0 Å². The summed E-state index contributed by atoms with van der Waals surface area (Å²) in [6.45, 7) is 0. The van der Waals surface area contributed by atoms with E-state index in [2.05, 4.69) is 60.0 Å². The van der Waals surface area contributed by atoms with Crippen molar-refractivity contribution in [3.63, 3.8) is 0 Å². The molecule has 0 N–H and O–H groups in total. The van der Waals surface area contributed by atoms with Crippen LogP contribution in [0.15, 0.2) is 84.3 Å². The Bertz CT molecular complexity index is 498. The van der Waals surface area contributed by atoms with Crippen LogP contribution >= 0.6 is 0 Å². The molecule has 0 bridgehead atoms. The summed E-state index contributed by atoms with van der Waals surface area (Å²) in [7, 11) is 0. The zero-order valence-electron chi connectivity index (χ0n) is 10.3. The maximum atomic E-state index is 3.07. The van der Waals surface area contributed by atoms with E-state index in [9.17, 15) is 0 Å². The summed E-state index contributed by atoms with van der Waals surface area (Å²) < 4.78 is 0. The van der Waals surface area contributed by atoms with Gasteiger partial charge in [-0.15, -0.1) is 0 Å². The first-order chi connectivity index (χ1) is 8.95. The van der Waals surface area contributed by atoms with Gasteiger partial charge in [-0.2, -0.15) is 0 Å². The van der Waals surface area contributed by atoms with Crippen LogP contribution in [0.3, 0.4) is 0 Å². The zero-order valence-corrected chi connectivity index (χ0v) is 10.3. The lowest BCUT2D eigenvalue weighted by Crippen LogP contribution is -1.77. The summed E-state index contributed by atoms with van der Waals surface area (Å²) in [4.78, 5) is 0. The van der Waals surface area contributed by atoms with E-state index >= 15 is 0 Å². The average molecular weight is 232 g/mol. The van der Waals surface area contributed by atoms with Gasteiger partial charge in [0.1, 0.15) is 0 Å². The predicted octanol–water partition coefficient (Wildman–Crippen LogP) is 4.34. The summed E-state index contributed by atoms with van der Waals surface area (Å²) in [5.74, 6) is 0. The molecule has 0 aliphatic rings. The highest BCUT2D eigenvalue weighted by Crippen LogP contribution is 2.00. The molecule has 0 aliphatic carbocycles. The van der Waals surface area contributed by atoms with E-state index in [1.54, 1.807) is 0 Å². The third-order valence-electron chi connectivity index (χ3n) is 2.65. The van der Waals surface area contributed by atoms with E-state index in [4.69, 9.17) is 0 Å². The van der Waals surface area contributed by atoms with Crippen molar-refractivity contribution in [3.8, 4) is 0 Å². The quantitative estimate of drug-likeness (QED) is 0.688. The first-order valence-electron chi connectivity index (χ1n) is 6.17. The minimum Gasteiger partial charge on any atom is -0.0746 e. The summed E-state index contributed by atoms with van der Waals surface area (Å²) in [5, 5.41) is 0. The Morgan fingerprint density at radius 2 is 1.00 bits per heavy atom. The van der Waals surface area contributed by atoms with Gasteiger partial charge in [-0.1, -0.05) is 72.1 Å². The fraction of sp³-hybridized carbons (Fsp3) is 0.111. The first-order valence-corrected chi connectivity index (χ1v) is 6.17. The predicted molar refractivity (Wildman–Crippen MR) is 76.5 cm³/mol. The van der Waals surface area contributed by atoms with Gasteiger partial charge in [0.2, 0.25) is 0 Å². The first kappa shape index (κ1) is 12.2. The number of allylic oxidation sites excluding steroid dienone is 2. The van der Waals surface area contributed by atoms with Crippen molar-refractivity contribution >= 4 is 0 Å². The fourth-order valence-corrected chi connectivity index (χ4v) is 1.68. The monoisotopic (exact) mass is 232 g/mol. The largest absolute Gasteiger partial charge is 0.0746 e. The van der Waals surface area contributed by atoms with Gasteiger partial charge < -0.3 is 0 Å². The van der Waals surface area contributed by atoms with Crippen LogP contribution in [-0.2, 0) is 12.8 Å². The van der Waals surface area contributed by atoms with E-state index in [1.807, 2.05) is 24.3 Å². The Morgan fingerprint density at radius 3 is 1.39 bits per heavy atom. The Kier molecular flexibility index (Phi) is 4.84. The molecule has 0 fully saturated rings. The summed E-state index contributed by atoms with van der Waals surface area (Å²) in [5.41, 5.74) is 8.75. The molecule has 0 nitrogen and oxygen atoms in total. The number of rotatable bonds is 4. The summed E-state index contributed by atoms with van der Waals surface area (Å²) >= 11 is 0. The van der Waals surface area contributed by atoms with E-state index in [-0.39, 0.29) is 0 Å². The highest BCUT2D eigenvalue weighted by atomic mass is 13.9. The molecule has 0 heteroatoms. The Hall–Kier alpha value is -2.26. The van der Waals surface area contributed by atoms with Crippen LogP contribution < -0.4 is 0 Å². The number of hydrogen-bond acceptors (Lipinski definition) is 0. The van der Waals surface area contributed by atoms with Gasteiger partial charge in [-0.25, -0.2) is 0 Å². The van der Waals surface area contributed by atoms with Crippen LogP contribution in [-0.4, -0.2) is 0 Å². The highest BCUT2D eigenvalue weighted by molar-refractivity contribution is 5.18. The van der Waals surface area contributed by atoms with Crippen molar-refractivity contribution in [1.82, 2.24) is 0 Å². The molecule has 0 saturated carbocycles. The summed E-state index contributed by atoms with van der Waals surface area (Å²) in [6, 6.07) is 20.7. The average Bonchev–Trinajstić information content (AvgIpc) is 2.45. The van der Waals surface area contributed by atoms with Gasteiger partial charge >= 0.3 is 0 Å². The number of hydrogen-bond donors (Lipinski definition) is 0. The van der Waals surface area contributed by atoms with Gasteiger partial charge in [0.15, 0.2) is 0 Å². The Morgan fingerprint density at radius 1 is 0.611 bits per heavy atom. The molecule has 0 aromatic heterocycles. The van der Waals surface area contributed by atoms with Gasteiger partial charge in [0.25, 0.3) is 0 Å². The lowest BCUT2D eigenvalue weighted by atomic mass is 10.1. The van der Waals surface area contributed by atoms with Crippen molar-refractivity contribution in [1.29, 1.82) is 0 Å². The Balaban J connectivity index is 1.87. The third-order valence-corrected chi connectivity index (χ3v) is 2.65. The molecular weight excluding hydrogens is 216 g/mol. The molecule has 0 heterocycles. The zero-order chi connectivity index (χ0) is 12.5. The second kappa shape index (κ2) is 7.14. The highest BCUT2D eigenvalue weighted by Gasteiger charge is 1.85.